The summed E-state index contributed by atoms with van der Waals surface area (Å²) in [5, 5.41) is 0. The topological polar surface area (TPSA) is 0 Å². The molecule has 0 radical (unpaired) electrons. The second-order valence-corrected chi connectivity index (χ2v) is 42.5. The van der Waals surface area contributed by atoms with Gasteiger partial charge in [0, 0.05) is 0 Å². The number of hydrogen-bond acceptors (Lipinski definition) is 0. The molecule has 52 heavy (non-hydrogen) atoms. The third kappa shape index (κ3) is 7.16. The van der Waals surface area contributed by atoms with E-state index in [0.29, 0.717) is 0 Å². The first kappa shape index (κ1) is 40.8. The minimum absolute atomic E-state index is 0.0510. The summed E-state index contributed by atoms with van der Waals surface area (Å²) in [6.45, 7) is 28.2. The molecule has 0 heterocycles. The number of halogens is 4. The first-order valence-corrected chi connectivity index (χ1v) is 31.1. The van der Waals surface area contributed by atoms with Gasteiger partial charge in [0.25, 0.3) is 0 Å². The number of fused-ring (bicyclic) bond motifs is 3. The van der Waals surface area contributed by atoms with E-state index in [1.54, 1.807) is 0 Å². The van der Waals surface area contributed by atoms with Crippen molar-refractivity contribution in [2.75, 3.05) is 0 Å². The molecule has 0 N–H and O–H groups in total. The summed E-state index contributed by atoms with van der Waals surface area (Å²) in [5.74, 6) is 0. The van der Waals surface area contributed by atoms with Crippen LogP contribution < -0.4 is 0 Å². The summed E-state index contributed by atoms with van der Waals surface area (Å²) >= 11 is -0.753. The van der Waals surface area contributed by atoms with E-state index in [2.05, 4.69) is 225 Å². The molecule has 0 amide bonds. The molecule has 0 aromatic heterocycles. The summed E-state index contributed by atoms with van der Waals surface area (Å²) in [7, 11) is 18.0. The average molecular weight is 1030 g/mol. The fraction of sp³-hybridized carbons (Fsp3) is 0.383. The summed E-state index contributed by atoms with van der Waals surface area (Å²) in [6.07, 6.45) is 8.91. The van der Waals surface area contributed by atoms with Crippen molar-refractivity contribution in [1.82, 2.24) is 0 Å². The van der Waals surface area contributed by atoms with Crippen LogP contribution in [0.2, 0.25) is 3.63 Å². The standard InChI is InChI=1S/C29H41.C13H8I2.C5H5.2ClH.Zr/c1-26(2,3)22-14-18-13-19-15-23(27(4,5)6)25(29(10,11)12)17-21(19)20(18)16-24(22)28(7,8)9;14-12-5-1-10(2-6-12)9-11-3-7-13(15)8-4-11;1-2-4-5-3-1;;;/h13-17H,1-12H3;1-8H;1-5H;2*1H;/q;;;;;+2/p-2. The molecule has 0 saturated heterocycles. The zero-order valence-electron chi connectivity index (χ0n) is 32.9. The van der Waals surface area contributed by atoms with E-state index in [4.69, 9.17) is 17.0 Å². The van der Waals surface area contributed by atoms with E-state index in [-0.39, 0.29) is 28.9 Å². The van der Waals surface area contributed by atoms with Gasteiger partial charge in [0.15, 0.2) is 0 Å². The van der Waals surface area contributed by atoms with Gasteiger partial charge in [-0.3, -0.25) is 0 Å². The van der Waals surface area contributed by atoms with Gasteiger partial charge in [0.1, 0.15) is 0 Å². The van der Waals surface area contributed by atoms with Crippen LogP contribution in [0, 0.1) is 7.14 Å². The van der Waals surface area contributed by atoms with E-state index in [1.165, 1.54) is 51.6 Å². The molecule has 2 aliphatic carbocycles. The van der Waals surface area contributed by atoms with Crippen molar-refractivity contribution in [3.8, 4) is 11.1 Å². The molecule has 0 nitrogen and oxygen atoms in total. The molecule has 4 aromatic carbocycles. The van der Waals surface area contributed by atoms with Crippen molar-refractivity contribution < 1.29 is 15.9 Å². The zero-order chi connectivity index (χ0) is 38.4. The molecule has 4 aromatic rings. The number of benzene rings is 4. The Hall–Kier alpha value is -0.847. The summed E-state index contributed by atoms with van der Waals surface area (Å²) in [6, 6.07) is 27.9. The number of rotatable bonds is 4. The van der Waals surface area contributed by atoms with Gasteiger partial charge in [-0.1, -0.05) is 0 Å². The fourth-order valence-corrected chi connectivity index (χ4v) is 28.7. The predicted molar refractivity (Wildman–Crippen MR) is 244 cm³/mol. The number of hydrogen-bond donors (Lipinski definition) is 0. The van der Waals surface area contributed by atoms with Crippen LogP contribution in [0.15, 0.2) is 97.1 Å². The Labute approximate surface area is 349 Å². The van der Waals surface area contributed by atoms with Gasteiger partial charge in [0.2, 0.25) is 0 Å². The van der Waals surface area contributed by atoms with Gasteiger partial charge < -0.3 is 0 Å². The summed E-state index contributed by atoms with van der Waals surface area (Å²) in [4.78, 5) is 0. The van der Waals surface area contributed by atoms with Gasteiger partial charge >= 0.3 is 353 Å². The first-order valence-electron chi connectivity index (χ1n) is 18.5. The van der Waals surface area contributed by atoms with Crippen molar-refractivity contribution >= 4 is 65.4 Å². The zero-order valence-corrected chi connectivity index (χ0v) is 41.2. The molecular weight excluding hydrogens is 980 g/mol. The maximum atomic E-state index is 9.00. The van der Waals surface area contributed by atoms with Crippen LogP contribution in [0.3, 0.4) is 0 Å². The van der Waals surface area contributed by atoms with E-state index in [9.17, 15) is 0 Å². The van der Waals surface area contributed by atoms with Gasteiger partial charge in [-0.15, -0.1) is 0 Å². The minimum atomic E-state index is -5.55. The fourth-order valence-electron chi connectivity index (χ4n) is 8.64. The summed E-state index contributed by atoms with van der Waals surface area (Å²) in [5.41, 5.74) is 12.7. The number of allylic oxidation sites excluding steroid dienone is 4. The van der Waals surface area contributed by atoms with Crippen LogP contribution in [0.1, 0.15) is 131 Å². The maximum absolute atomic E-state index is 9.00. The van der Waals surface area contributed by atoms with Crippen molar-refractivity contribution in [1.29, 1.82) is 0 Å². The molecule has 274 valence electrons. The summed E-state index contributed by atoms with van der Waals surface area (Å²) < 4.78 is 3.22. The molecule has 0 spiro atoms. The monoisotopic (exact) mass is 1030 g/mol. The van der Waals surface area contributed by atoms with Gasteiger partial charge in [-0.05, 0) is 0 Å². The molecule has 5 heteroatoms. The molecule has 2 aliphatic rings. The Bertz CT molecular complexity index is 2040. The molecule has 0 atom stereocenters. The van der Waals surface area contributed by atoms with Crippen molar-refractivity contribution in [3.05, 3.63) is 149 Å². The van der Waals surface area contributed by atoms with Crippen LogP contribution in [-0.4, -0.2) is 3.21 Å². The Morgan fingerprint density at radius 3 is 1.12 bits per heavy atom. The van der Waals surface area contributed by atoms with E-state index >= 15 is 0 Å². The molecule has 0 saturated carbocycles. The second-order valence-electron chi connectivity index (χ2n) is 19.2. The predicted octanol–water partition coefficient (Wildman–Crippen LogP) is 15.3. The van der Waals surface area contributed by atoms with Crippen LogP contribution in [0.5, 0.6) is 0 Å². The Balaban J connectivity index is 1.92. The third-order valence-corrected chi connectivity index (χ3v) is 32.2. The van der Waals surface area contributed by atoms with Gasteiger partial charge in [0.05, 0.1) is 0 Å². The van der Waals surface area contributed by atoms with E-state index < -0.39 is 15.9 Å². The molecular formula is C47H54Cl2I2Zr. The van der Waals surface area contributed by atoms with Crippen molar-refractivity contribution in [2.24, 2.45) is 0 Å². The normalized spacial score (nSPS) is 15.7. The van der Waals surface area contributed by atoms with Crippen LogP contribution in [0.4, 0.5) is 0 Å². The molecule has 6 rings (SSSR count). The Morgan fingerprint density at radius 2 is 0.808 bits per heavy atom. The van der Waals surface area contributed by atoms with Crippen molar-refractivity contribution in [3.63, 3.8) is 0 Å². The Morgan fingerprint density at radius 1 is 0.500 bits per heavy atom. The second kappa shape index (κ2) is 13.7. The van der Waals surface area contributed by atoms with Gasteiger partial charge in [-0.25, -0.2) is 0 Å². The van der Waals surface area contributed by atoms with Crippen LogP contribution >= 0.6 is 62.2 Å². The van der Waals surface area contributed by atoms with E-state index in [0.717, 1.165) is 14.3 Å². The quantitative estimate of drug-likeness (QED) is 0.179. The SMILES string of the molecule is CC(C)(C)c1cc2c(cc1C(C)(C)C)[CH]([Zr]([Cl])([Cl])(=[C](c1ccc(I)cc1)c1ccc(I)cc1)[CH]1C=CC=C1)c1cc(C(C)(C)C)c(C(C)(C)C)cc1-2. The third-order valence-electron chi connectivity index (χ3n) is 11.2. The first-order chi connectivity index (χ1) is 23.8. The average Bonchev–Trinajstić information content (AvgIpc) is 3.68. The van der Waals surface area contributed by atoms with E-state index in [1.807, 2.05) is 0 Å². The molecule has 0 bridgehead atoms. The molecule has 0 aliphatic heterocycles. The Kier molecular flexibility index (Phi) is 10.7. The van der Waals surface area contributed by atoms with Gasteiger partial charge in [-0.2, -0.15) is 0 Å². The van der Waals surface area contributed by atoms with Crippen LogP contribution in [0.25, 0.3) is 11.1 Å². The van der Waals surface area contributed by atoms with Crippen LogP contribution in [-0.2, 0) is 37.6 Å². The molecule has 0 unspecified atom stereocenters. The molecule has 0 fully saturated rings. The van der Waals surface area contributed by atoms with Crippen molar-refractivity contribution in [2.45, 2.75) is 112 Å².